The van der Waals surface area contributed by atoms with Crippen LogP contribution in [0.4, 0.5) is 29.2 Å². The van der Waals surface area contributed by atoms with Gasteiger partial charge in [0.2, 0.25) is 5.91 Å². The molecule has 2 N–H and O–H groups in total. The highest BCUT2D eigenvalue weighted by molar-refractivity contribution is 7.23. The zero-order chi connectivity index (χ0) is 43.5. The van der Waals surface area contributed by atoms with Gasteiger partial charge in [-0.1, -0.05) is 0 Å². The number of nitrogens with zero attached hydrogens (tertiary/aromatic N) is 7. The van der Waals surface area contributed by atoms with Crippen molar-refractivity contribution in [1.82, 2.24) is 24.8 Å². The fourth-order valence-corrected chi connectivity index (χ4v) is 9.75. The summed E-state index contributed by atoms with van der Waals surface area (Å²) >= 11 is 0.814. The van der Waals surface area contributed by atoms with E-state index in [1.807, 2.05) is 20.8 Å². The summed E-state index contributed by atoms with van der Waals surface area (Å²) in [6.07, 6.45) is 2.41. The third-order valence-corrected chi connectivity index (χ3v) is 12.4. The van der Waals surface area contributed by atoms with Crippen LogP contribution in [0, 0.1) is 28.9 Å². The van der Waals surface area contributed by atoms with E-state index in [1.54, 1.807) is 30.6 Å². The number of nitrogens with one attached hydrogen (secondary N) is 1. The summed E-state index contributed by atoms with van der Waals surface area (Å²) in [6, 6.07) is 1.61. The zero-order valence-corrected chi connectivity index (χ0v) is 35.7. The van der Waals surface area contributed by atoms with E-state index in [4.69, 9.17) is 28.9 Å². The molecule has 61 heavy (non-hydrogen) atoms. The van der Waals surface area contributed by atoms with Crippen molar-refractivity contribution in [1.29, 1.82) is 5.26 Å². The Balaban J connectivity index is 1.25. The van der Waals surface area contributed by atoms with Gasteiger partial charge in [0.15, 0.2) is 11.6 Å². The number of benzene rings is 1. The van der Waals surface area contributed by atoms with Gasteiger partial charge < -0.3 is 38.8 Å². The number of aliphatic hydroxyl groups is 1. The Labute approximate surface area is 354 Å². The maximum absolute atomic E-state index is 17.8. The van der Waals surface area contributed by atoms with E-state index in [2.05, 4.69) is 21.3 Å². The smallest absolute Gasteiger partial charge is 0.412 e. The van der Waals surface area contributed by atoms with Gasteiger partial charge in [0, 0.05) is 49.2 Å². The fourth-order valence-electron chi connectivity index (χ4n) is 8.71. The third kappa shape index (κ3) is 8.20. The summed E-state index contributed by atoms with van der Waals surface area (Å²) in [4.78, 5) is 57.7. The molecule has 0 spiro atoms. The minimum atomic E-state index is -0.854. The van der Waals surface area contributed by atoms with E-state index in [0.29, 0.717) is 61.4 Å². The molecule has 0 aliphatic carbocycles. The number of pyridine rings is 1. The molecule has 4 aliphatic rings. The number of aliphatic hydroxyl groups excluding tert-OH is 1. The van der Waals surface area contributed by atoms with Crippen molar-refractivity contribution < 1.29 is 47.2 Å². The van der Waals surface area contributed by atoms with Crippen molar-refractivity contribution >= 4 is 61.2 Å². The molecule has 7 heterocycles. The molecule has 2 atom stereocenters. The van der Waals surface area contributed by atoms with Crippen LogP contribution < -0.4 is 15.0 Å². The number of halogens is 2. The molecule has 0 radical (unpaired) electrons. The van der Waals surface area contributed by atoms with E-state index < -0.39 is 41.6 Å². The second-order valence-corrected chi connectivity index (χ2v) is 18.9. The highest BCUT2D eigenvalue weighted by Crippen LogP contribution is 2.48. The quantitative estimate of drug-likeness (QED) is 0.201. The average molecular weight is 863 g/mol. The molecular formula is C42H48F2N8O8S. The van der Waals surface area contributed by atoms with Crippen LogP contribution in [0.15, 0.2) is 6.20 Å². The molecule has 324 valence electrons. The molecule has 3 fully saturated rings. The number of ether oxygens (including phenoxy) is 4. The van der Waals surface area contributed by atoms with Gasteiger partial charge >= 0.3 is 18.2 Å². The number of thiophene rings is 1. The number of hydrogen-bond donors (Lipinski definition) is 2. The minimum absolute atomic E-state index is 0.0130. The first-order valence-electron chi connectivity index (χ1n) is 20.4. The van der Waals surface area contributed by atoms with E-state index in [9.17, 15) is 24.8 Å². The highest BCUT2D eigenvalue weighted by atomic mass is 32.1. The molecule has 3 aromatic heterocycles. The monoisotopic (exact) mass is 862 g/mol. The largest absolute Gasteiger partial charge is 0.463 e. The van der Waals surface area contributed by atoms with Crippen molar-refractivity contribution in [2.24, 2.45) is 5.92 Å². The number of hydrogen-bond acceptors (Lipinski definition) is 14. The number of fused-ring (bicyclic) bond motifs is 6. The first kappa shape index (κ1) is 42.2. The number of piperazine rings is 1. The first-order valence-corrected chi connectivity index (χ1v) is 21.2. The molecule has 4 aromatic rings. The summed E-state index contributed by atoms with van der Waals surface area (Å²) in [5.41, 5.74) is -0.755. The van der Waals surface area contributed by atoms with E-state index >= 15 is 8.78 Å². The molecule has 3 saturated heterocycles. The topological polar surface area (TPSA) is 193 Å². The third-order valence-electron chi connectivity index (χ3n) is 11.3. The molecule has 0 saturated carbocycles. The lowest BCUT2D eigenvalue weighted by Gasteiger charge is -2.42. The molecule has 16 nitrogen and oxygen atoms in total. The van der Waals surface area contributed by atoms with Crippen LogP contribution in [-0.2, 0) is 32.2 Å². The number of carbonyl (C=O) groups is 3. The maximum Gasteiger partial charge on any atom is 0.412 e. The standard InChI is InChI=1S/C42H48F2N8O8S/c1-41(2,3)59-39(55)49-37-24(13-45)30-33(46-14-27(43)35(30)61-37)29-25-19-57-20-26(25)31-34(32(29)44)47-38(58-18-21-9-11-50(12-10-21)28(54)17-53)48-36(31)52-22-7-8-23(52)16-51(15-22)40(56)60-42(4,5)6/h14,21-23,53H,7-12,15-20H2,1-6H3,(H,49,55). The van der Waals surface area contributed by atoms with Crippen LogP contribution in [0.5, 0.6) is 6.01 Å². The lowest BCUT2D eigenvalue weighted by Crippen LogP contribution is -2.56. The summed E-state index contributed by atoms with van der Waals surface area (Å²) < 4.78 is 56.8. The van der Waals surface area contributed by atoms with Crippen molar-refractivity contribution in [2.75, 3.05) is 49.6 Å². The second kappa shape index (κ2) is 16.1. The van der Waals surface area contributed by atoms with Gasteiger partial charge in [-0.15, -0.1) is 11.3 Å². The molecule has 8 rings (SSSR count). The fraction of sp³-hybridized carbons (Fsp3) is 0.548. The average Bonchev–Trinajstić information content (AvgIpc) is 3.90. The second-order valence-electron chi connectivity index (χ2n) is 17.9. The van der Waals surface area contributed by atoms with Crippen molar-refractivity contribution in [3.63, 3.8) is 0 Å². The predicted octanol–water partition coefficient (Wildman–Crippen LogP) is 6.63. The summed E-state index contributed by atoms with van der Waals surface area (Å²) in [5.74, 6) is -1.45. The van der Waals surface area contributed by atoms with Crippen LogP contribution >= 0.6 is 11.3 Å². The molecular weight excluding hydrogens is 815 g/mol. The Morgan fingerprint density at radius 1 is 0.967 bits per heavy atom. The van der Waals surface area contributed by atoms with Gasteiger partial charge in [0.05, 0.1) is 47.4 Å². The Morgan fingerprint density at radius 2 is 1.64 bits per heavy atom. The maximum atomic E-state index is 17.8. The van der Waals surface area contributed by atoms with Gasteiger partial charge in [0.25, 0.3) is 0 Å². The van der Waals surface area contributed by atoms with Gasteiger partial charge in [-0.25, -0.2) is 18.4 Å². The Kier molecular flexibility index (Phi) is 11.2. The lowest BCUT2D eigenvalue weighted by atomic mass is 9.93. The SMILES string of the molecule is CC(C)(C)OC(=O)Nc1sc2c(F)cnc(-c3c4c(c5c(N6C7CCC6CN(C(=O)OC(C)(C)C)C7)nc(OCC6CCN(C(=O)CO)CC6)nc5c3F)COC4)c2c1C#N. The van der Waals surface area contributed by atoms with Gasteiger partial charge in [0.1, 0.15) is 40.2 Å². The van der Waals surface area contributed by atoms with E-state index in [1.165, 1.54) is 0 Å². The minimum Gasteiger partial charge on any atom is -0.463 e. The predicted molar refractivity (Wildman–Crippen MR) is 220 cm³/mol. The van der Waals surface area contributed by atoms with E-state index in [-0.39, 0.29) is 87.2 Å². The normalized spacial score (nSPS) is 19.3. The van der Waals surface area contributed by atoms with Crippen molar-refractivity contribution in [2.45, 2.75) is 104 Å². The molecule has 3 amide bonds. The molecule has 2 unspecified atom stereocenters. The van der Waals surface area contributed by atoms with Crippen LogP contribution in [0.25, 0.3) is 32.2 Å². The lowest BCUT2D eigenvalue weighted by molar-refractivity contribution is -0.135. The Hall–Kier alpha value is -5.45. The Morgan fingerprint density at radius 3 is 2.28 bits per heavy atom. The number of aromatic nitrogens is 3. The van der Waals surface area contributed by atoms with E-state index in [0.717, 1.165) is 30.4 Å². The van der Waals surface area contributed by atoms with Gasteiger partial charge in [-0.3, -0.25) is 15.1 Å². The van der Waals surface area contributed by atoms with Crippen molar-refractivity contribution in [3.05, 3.63) is 34.5 Å². The summed E-state index contributed by atoms with van der Waals surface area (Å²) in [7, 11) is 0. The number of rotatable bonds is 7. The van der Waals surface area contributed by atoms with Crippen molar-refractivity contribution in [3.8, 4) is 23.3 Å². The number of anilines is 2. The summed E-state index contributed by atoms with van der Waals surface area (Å²) in [5, 5.41) is 22.8. The molecule has 19 heteroatoms. The number of nitriles is 1. The van der Waals surface area contributed by atoms with Crippen LogP contribution in [-0.4, -0.2) is 111 Å². The Bertz CT molecular complexity index is 2460. The molecule has 2 bridgehead atoms. The zero-order valence-electron chi connectivity index (χ0n) is 34.9. The molecule has 4 aliphatic heterocycles. The number of piperidine rings is 1. The number of likely N-dealkylation sites (tertiary alicyclic amines) is 2. The van der Waals surface area contributed by atoms with Crippen LogP contribution in [0.2, 0.25) is 0 Å². The summed E-state index contributed by atoms with van der Waals surface area (Å²) in [6.45, 7) is 11.8. The first-order chi connectivity index (χ1) is 28.9. The van der Waals surface area contributed by atoms with Gasteiger partial charge in [-0.05, 0) is 84.3 Å². The van der Waals surface area contributed by atoms with Crippen LogP contribution in [0.1, 0.15) is 83.9 Å². The number of amides is 3. The highest BCUT2D eigenvalue weighted by Gasteiger charge is 2.45. The van der Waals surface area contributed by atoms with Gasteiger partial charge in [-0.2, -0.15) is 15.2 Å². The van der Waals surface area contributed by atoms with Crippen LogP contribution in [0.3, 0.4) is 0 Å². The molecule has 1 aromatic carbocycles. The number of carbonyl (C=O) groups excluding carboxylic acids is 3.